The molecule has 2 aromatic rings. The van der Waals surface area contributed by atoms with Gasteiger partial charge in [-0.25, -0.2) is 4.79 Å². The van der Waals surface area contributed by atoms with Gasteiger partial charge in [0.05, 0.1) is 18.8 Å². The number of urea groups is 1. The molecule has 3 rings (SSSR count). The van der Waals surface area contributed by atoms with Crippen molar-refractivity contribution < 1.29 is 23.8 Å². The third kappa shape index (κ3) is 6.61. The fourth-order valence-corrected chi connectivity index (χ4v) is 3.70. The molecule has 1 aliphatic heterocycles. The quantitative estimate of drug-likeness (QED) is 0.633. The van der Waals surface area contributed by atoms with Gasteiger partial charge in [-0.1, -0.05) is 6.92 Å². The van der Waals surface area contributed by atoms with Gasteiger partial charge in [0.1, 0.15) is 18.1 Å². The Bertz CT molecular complexity index is 982. The largest absolute Gasteiger partial charge is 0.497 e. The average Bonchev–Trinajstić information content (AvgIpc) is 2.83. The van der Waals surface area contributed by atoms with Crippen LogP contribution in [-0.2, 0) is 4.74 Å². The summed E-state index contributed by atoms with van der Waals surface area (Å²) in [5, 5.41) is 9.02. The summed E-state index contributed by atoms with van der Waals surface area (Å²) in [6.45, 7) is 5.69. The first kappa shape index (κ1) is 25.3. The number of anilines is 2. The first-order chi connectivity index (χ1) is 16.3. The van der Waals surface area contributed by atoms with Crippen LogP contribution in [0.2, 0.25) is 0 Å². The summed E-state index contributed by atoms with van der Waals surface area (Å²) in [6, 6.07) is 11.7. The van der Waals surface area contributed by atoms with Gasteiger partial charge >= 0.3 is 6.03 Å². The SMILES string of the molecule is COc1ccc(NC(=O)Nc2ccc3c(c2)OC[C@H](C)NC[C@H](C)[C@H](OC)CN(C)C3=O)cc1. The highest BCUT2D eigenvalue weighted by Crippen LogP contribution is 2.26. The van der Waals surface area contributed by atoms with Crippen LogP contribution in [0.3, 0.4) is 0 Å². The molecule has 9 nitrogen and oxygen atoms in total. The maximum atomic E-state index is 13.2. The minimum Gasteiger partial charge on any atom is -0.497 e. The van der Waals surface area contributed by atoms with Crippen molar-refractivity contribution in [3.05, 3.63) is 48.0 Å². The number of rotatable bonds is 4. The second kappa shape index (κ2) is 11.7. The Morgan fingerprint density at radius 2 is 1.76 bits per heavy atom. The van der Waals surface area contributed by atoms with E-state index in [-0.39, 0.29) is 24.0 Å². The summed E-state index contributed by atoms with van der Waals surface area (Å²) in [5.41, 5.74) is 1.56. The number of hydrogen-bond acceptors (Lipinski definition) is 6. The number of nitrogens with zero attached hydrogens (tertiary/aromatic N) is 1. The Hall–Kier alpha value is -3.30. The Morgan fingerprint density at radius 3 is 2.44 bits per heavy atom. The number of carbonyl (C=O) groups is 2. The molecule has 0 fully saturated rings. The molecule has 3 atom stereocenters. The van der Waals surface area contributed by atoms with Gasteiger partial charge in [0, 0.05) is 50.7 Å². The Kier molecular flexibility index (Phi) is 8.72. The Labute approximate surface area is 200 Å². The van der Waals surface area contributed by atoms with Crippen LogP contribution in [0.4, 0.5) is 16.2 Å². The van der Waals surface area contributed by atoms with E-state index in [2.05, 4.69) is 22.9 Å². The van der Waals surface area contributed by atoms with Crippen molar-refractivity contribution in [1.82, 2.24) is 10.2 Å². The summed E-state index contributed by atoms with van der Waals surface area (Å²) in [6.07, 6.45) is -0.0972. The lowest BCUT2D eigenvalue weighted by Gasteiger charge is -2.30. The monoisotopic (exact) mass is 470 g/mol. The highest BCUT2D eigenvalue weighted by atomic mass is 16.5. The van der Waals surface area contributed by atoms with E-state index >= 15 is 0 Å². The van der Waals surface area contributed by atoms with Gasteiger partial charge < -0.3 is 35.1 Å². The summed E-state index contributed by atoms with van der Waals surface area (Å²) >= 11 is 0. The van der Waals surface area contributed by atoms with Crippen LogP contribution in [0.25, 0.3) is 0 Å². The number of hydrogen-bond donors (Lipinski definition) is 3. The molecule has 0 saturated heterocycles. The fourth-order valence-electron chi connectivity index (χ4n) is 3.70. The van der Waals surface area contributed by atoms with Crippen LogP contribution in [0, 0.1) is 5.92 Å². The molecule has 34 heavy (non-hydrogen) atoms. The predicted molar refractivity (Wildman–Crippen MR) is 132 cm³/mol. The molecule has 2 aromatic carbocycles. The maximum absolute atomic E-state index is 13.2. The number of methoxy groups -OCH3 is 2. The van der Waals surface area contributed by atoms with E-state index in [1.807, 2.05) is 6.92 Å². The second-order valence-electron chi connectivity index (χ2n) is 8.58. The number of benzene rings is 2. The molecule has 9 heteroatoms. The second-order valence-corrected chi connectivity index (χ2v) is 8.58. The van der Waals surface area contributed by atoms with Crippen molar-refractivity contribution >= 4 is 23.3 Å². The van der Waals surface area contributed by atoms with Crippen molar-refractivity contribution in [2.45, 2.75) is 26.0 Å². The molecule has 0 aliphatic carbocycles. The third-order valence-electron chi connectivity index (χ3n) is 5.83. The molecule has 184 valence electrons. The van der Waals surface area contributed by atoms with Crippen molar-refractivity contribution in [2.75, 3.05) is 51.6 Å². The molecule has 0 unspecified atom stereocenters. The zero-order valence-electron chi connectivity index (χ0n) is 20.4. The van der Waals surface area contributed by atoms with Crippen LogP contribution in [0.1, 0.15) is 24.2 Å². The number of nitrogens with one attached hydrogen (secondary N) is 3. The number of ether oxygens (including phenoxy) is 3. The minimum atomic E-state index is -0.409. The third-order valence-corrected chi connectivity index (χ3v) is 5.83. The first-order valence-corrected chi connectivity index (χ1v) is 11.3. The molecule has 3 N–H and O–H groups in total. The molecule has 0 aromatic heterocycles. The predicted octanol–water partition coefficient (Wildman–Crippen LogP) is 3.43. The summed E-state index contributed by atoms with van der Waals surface area (Å²) in [4.78, 5) is 27.3. The van der Waals surface area contributed by atoms with E-state index in [0.29, 0.717) is 41.6 Å². The lowest BCUT2D eigenvalue weighted by atomic mass is 10.0. The number of carbonyl (C=O) groups excluding carboxylic acids is 2. The van der Waals surface area contributed by atoms with Crippen LogP contribution in [0.5, 0.6) is 11.5 Å². The van der Waals surface area contributed by atoms with Crippen molar-refractivity contribution in [3.8, 4) is 11.5 Å². The van der Waals surface area contributed by atoms with Crippen LogP contribution < -0.4 is 25.4 Å². The van der Waals surface area contributed by atoms with E-state index in [1.165, 1.54) is 0 Å². The zero-order valence-corrected chi connectivity index (χ0v) is 20.4. The normalized spacial score (nSPS) is 21.4. The highest BCUT2D eigenvalue weighted by Gasteiger charge is 2.25. The summed E-state index contributed by atoms with van der Waals surface area (Å²) < 4.78 is 16.8. The van der Waals surface area contributed by atoms with Gasteiger partial charge in [-0.3, -0.25) is 4.79 Å². The Morgan fingerprint density at radius 1 is 1.09 bits per heavy atom. The van der Waals surface area contributed by atoms with Gasteiger partial charge in [-0.2, -0.15) is 0 Å². The zero-order chi connectivity index (χ0) is 24.7. The molecule has 1 aliphatic rings. The van der Waals surface area contributed by atoms with Crippen molar-refractivity contribution in [3.63, 3.8) is 0 Å². The minimum absolute atomic E-state index is 0.0649. The van der Waals surface area contributed by atoms with Crippen LogP contribution in [0.15, 0.2) is 42.5 Å². The number of likely N-dealkylation sites (N-methyl/N-ethyl adjacent to an activating group) is 1. The van der Waals surface area contributed by atoms with Gasteiger partial charge in [-0.15, -0.1) is 0 Å². The Balaban J connectivity index is 1.78. The molecule has 0 spiro atoms. The maximum Gasteiger partial charge on any atom is 0.323 e. The lowest BCUT2D eigenvalue weighted by Crippen LogP contribution is -2.44. The highest BCUT2D eigenvalue weighted by molar-refractivity contribution is 6.01. The van der Waals surface area contributed by atoms with Gasteiger partial charge in [0.2, 0.25) is 0 Å². The van der Waals surface area contributed by atoms with E-state index in [4.69, 9.17) is 14.2 Å². The molecule has 1 heterocycles. The van der Waals surface area contributed by atoms with Crippen molar-refractivity contribution in [1.29, 1.82) is 0 Å². The average molecular weight is 471 g/mol. The molecular formula is C25H34N4O5. The number of amides is 3. The fraction of sp³-hybridized carbons (Fsp3) is 0.440. The van der Waals surface area contributed by atoms with E-state index in [9.17, 15) is 9.59 Å². The molecule has 0 saturated carbocycles. The van der Waals surface area contributed by atoms with E-state index < -0.39 is 6.03 Å². The van der Waals surface area contributed by atoms with E-state index in [0.717, 1.165) is 6.54 Å². The van der Waals surface area contributed by atoms with Crippen molar-refractivity contribution in [2.24, 2.45) is 5.92 Å². The first-order valence-electron chi connectivity index (χ1n) is 11.3. The topological polar surface area (TPSA) is 101 Å². The summed E-state index contributed by atoms with van der Waals surface area (Å²) in [5.74, 6) is 1.17. The van der Waals surface area contributed by atoms with Gasteiger partial charge in [0.25, 0.3) is 5.91 Å². The van der Waals surface area contributed by atoms with Crippen LogP contribution in [-0.4, -0.2) is 69.9 Å². The smallest absolute Gasteiger partial charge is 0.323 e. The molecule has 0 bridgehead atoms. The van der Waals surface area contributed by atoms with Gasteiger partial charge in [0.15, 0.2) is 0 Å². The number of fused-ring (bicyclic) bond motifs is 1. The molecule has 3 amide bonds. The van der Waals surface area contributed by atoms with Gasteiger partial charge in [-0.05, 0) is 49.2 Å². The molecule has 0 radical (unpaired) electrons. The van der Waals surface area contributed by atoms with E-state index in [1.54, 1.807) is 68.6 Å². The van der Waals surface area contributed by atoms with Crippen LogP contribution >= 0.6 is 0 Å². The summed E-state index contributed by atoms with van der Waals surface area (Å²) in [7, 11) is 5.00. The lowest BCUT2D eigenvalue weighted by molar-refractivity contribution is 0.0281. The standard InChI is InChI=1S/C25H34N4O5/c1-16-13-26-17(2)15-34-22-12-19(8-11-21(22)24(30)29(3)14-23(16)33-5)28-25(31)27-18-6-9-20(32-4)10-7-18/h6-12,16-17,23,26H,13-15H2,1-5H3,(H2,27,28,31)/t16-,17-,23+/m0/s1. The molecular weight excluding hydrogens is 436 g/mol.